The van der Waals surface area contributed by atoms with Gasteiger partial charge in [0.1, 0.15) is 0 Å². The third-order valence-electron chi connectivity index (χ3n) is 2.93. The maximum Gasteiger partial charge on any atom is 0.225 e. The number of carbonyl (C=O) groups excluding carboxylic acids is 1. The number of nitrogens with two attached hydrogens (primary N) is 1. The Morgan fingerprint density at radius 2 is 2.40 bits per heavy atom. The summed E-state index contributed by atoms with van der Waals surface area (Å²) >= 11 is 0. The molecule has 0 aromatic carbocycles. The number of morpholine rings is 1. The van der Waals surface area contributed by atoms with E-state index in [1.54, 1.807) is 0 Å². The van der Waals surface area contributed by atoms with Crippen LogP contribution in [0.3, 0.4) is 0 Å². The van der Waals surface area contributed by atoms with Gasteiger partial charge in [-0.15, -0.1) is 0 Å². The Morgan fingerprint density at radius 1 is 1.67 bits per heavy atom. The van der Waals surface area contributed by atoms with E-state index < -0.39 is 0 Å². The lowest BCUT2D eigenvalue weighted by atomic mass is 10.0. The zero-order chi connectivity index (χ0) is 11.3. The van der Waals surface area contributed by atoms with E-state index >= 15 is 0 Å². The predicted molar refractivity (Wildman–Crippen MR) is 59.4 cm³/mol. The van der Waals surface area contributed by atoms with Crippen LogP contribution in [0, 0.1) is 5.92 Å². The molecular weight excluding hydrogens is 192 g/mol. The minimum atomic E-state index is 0.0746. The summed E-state index contributed by atoms with van der Waals surface area (Å²) < 4.78 is 5.32. The van der Waals surface area contributed by atoms with Crippen LogP contribution in [-0.2, 0) is 9.53 Å². The highest BCUT2D eigenvalue weighted by molar-refractivity contribution is 5.78. The van der Waals surface area contributed by atoms with Gasteiger partial charge in [0.15, 0.2) is 0 Å². The molecule has 2 N–H and O–H groups in total. The second-order valence-electron chi connectivity index (χ2n) is 4.19. The molecule has 4 heteroatoms. The maximum absolute atomic E-state index is 12.1. The molecule has 1 aliphatic rings. The van der Waals surface area contributed by atoms with Crippen LogP contribution in [0.25, 0.3) is 0 Å². The standard InChI is InChI=1S/C11H22N2O2/c1-3-4-9(2)11(14)13-5-6-15-8-10(13)7-12/h9-10H,3-8,12H2,1-2H3. The van der Waals surface area contributed by atoms with Crippen molar-refractivity contribution in [3.8, 4) is 0 Å². The molecule has 0 saturated carbocycles. The monoisotopic (exact) mass is 214 g/mol. The minimum absolute atomic E-state index is 0.0746. The lowest BCUT2D eigenvalue weighted by molar-refractivity contribution is -0.143. The zero-order valence-electron chi connectivity index (χ0n) is 9.74. The summed E-state index contributed by atoms with van der Waals surface area (Å²) in [6, 6.07) is 0.0746. The van der Waals surface area contributed by atoms with E-state index in [0.717, 1.165) is 12.8 Å². The van der Waals surface area contributed by atoms with E-state index in [1.165, 1.54) is 0 Å². The highest BCUT2D eigenvalue weighted by atomic mass is 16.5. The fraction of sp³-hybridized carbons (Fsp3) is 0.909. The van der Waals surface area contributed by atoms with Crippen LogP contribution >= 0.6 is 0 Å². The number of amides is 1. The Hall–Kier alpha value is -0.610. The Balaban J connectivity index is 2.55. The summed E-state index contributed by atoms with van der Waals surface area (Å²) in [5, 5.41) is 0. The molecule has 0 aromatic heterocycles. The third-order valence-corrected chi connectivity index (χ3v) is 2.93. The second kappa shape index (κ2) is 6.08. The number of hydrogen-bond acceptors (Lipinski definition) is 3. The van der Waals surface area contributed by atoms with Gasteiger partial charge in [-0.25, -0.2) is 0 Å². The largest absolute Gasteiger partial charge is 0.377 e. The first-order valence-electron chi connectivity index (χ1n) is 5.79. The molecular formula is C11H22N2O2. The van der Waals surface area contributed by atoms with Gasteiger partial charge >= 0.3 is 0 Å². The molecule has 1 fully saturated rings. The van der Waals surface area contributed by atoms with E-state index in [9.17, 15) is 4.79 Å². The highest BCUT2D eigenvalue weighted by Crippen LogP contribution is 2.14. The number of carbonyl (C=O) groups is 1. The van der Waals surface area contributed by atoms with E-state index in [1.807, 2.05) is 11.8 Å². The molecule has 1 aliphatic heterocycles. The Bertz CT molecular complexity index is 209. The van der Waals surface area contributed by atoms with Crippen molar-refractivity contribution in [1.29, 1.82) is 0 Å². The minimum Gasteiger partial charge on any atom is -0.377 e. The molecule has 0 aliphatic carbocycles. The first-order valence-corrected chi connectivity index (χ1v) is 5.79. The Kier molecular flexibility index (Phi) is 5.05. The van der Waals surface area contributed by atoms with Gasteiger partial charge in [0.25, 0.3) is 0 Å². The molecule has 0 aromatic rings. The third kappa shape index (κ3) is 3.18. The number of rotatable bonds is 4. The van der Waals surface area contributed by atoms with Gasteiger partial charge in [-0.1, -0.05) is 20.3 Å². The summed E-state index contributed by atoms with van der Waals surface area (Å²) in [5.74, 6) is 0.345. The van der Waals surface area contributed by atoms with Crippen LogP contribution in [0.2, 0.25) is 0 Å². The molecule has 88 valence electrons. The van der Waals surface area contributed by atoms with E-state index in [0.29, 0.717) is 26.3 Å². The molecule has 0 spiro atoms. The normalized spacial score (nSPS) is 23.9. The number of ether oxygens (including phenoxy) is 1. The van der Waals surface area contributed by atoms with Gasteiger partial charge in [-0.05, 0) is 6.42 Å². The van der Waals surface area contributed by atoms with Crippen molar-refractivity contribution in [2.45, 2.75) is 32.7 Å². The molecule has 4 nitrogen and oxygen atoms in total. The van der Waals surface area contributed by atoms with Gasteiger partial charge < -0.3 is 15.4 Å². The van der Waals surface area contributed by atoms with Crippen molar-refractivity contribution < 1.29 is 9.53 Å². The maximum atomic E-state index is 12.1. The van der Waals surface area contributed by atoms with Crippen molar-refractivity contribution in [2.24, 2.45) is 11.7 Å². The van der Waals surface area contributed by atoms with Crippen LogP contribution in [-0.4, -0.2) is 43.2 Å². The smallest absolute Gasteiger partial charge is 0.225 e. The topological polar surface area (TPSA) is 55.6 Å². The summed E-state index contributed by atoms with van der Waals surface area (Å²) in [5.41, 5.74) is 5.63. The van der Waals surface area contributed by atoms with Gasteiger partial charge in [0.05, 0.1) is 19.3 Å². The SMILES string of the molecule is CCCC(C)C(=O)N1CCOCC1CN. The highest BCUT2D eigenvalue weighted by Gasteiger charge is 2.28. The number of hydrogen-bond donors (Lipinski definition) is 1. The summed E-state index contributed by atoms with van der Waals surface area (Å²) in [4.78, 5) is 14.0. The van der Waals surface area contributed by atoms with E-state index in [-0.39, 0.29) is 17.9 Å². The molecule has 0 bridgehead atoms. The van der Waals surface area contributed by atoms with Gasteiger partial charge in [0, 0.05) is 19.0 Å². The average Bonchev–Trinajstić information content (AvgIpc) is 2.28. The van der Waals surface area contributed by atoms with Crippen molar-refractivity contribution in [2.75, 3.05) is 26.3 Å². The summed E-state index contributed by atoms with van der Waals surface area (Å²) in [6.45, 7) is 6.50. The summed E-state index contributed by atoms with van der Waals surface area (Å²) in [7, 11) is 0. The van der Waals surface area contributed by atoms with Gasteiger partial charge in [-0.3, -0.25) is 4.79 Å². The van der Waals surface area contributed by atoms with Gasteiger partial charge in [0.2, 0.25) is 5.91 Å². The average molecular weight is 214 g/mol. The Labute approximate surface area is 91.8 Å². The molecule has 1 saturated heterocycles. The second-order valence-corrected chi connectivity index (χ2v) is 4.19. The predicted octanol–water partition coefficient (Wildman–Crippen LogP) is 0.609. The number of nitrogens with zero attached hydrogens (tertiary/aromatic N) is 1. The Morgan fingerprint density at radius 3 is 3.00 bits per heavy atom. The fourth-order valence-electron chi connectivity index (χ4n) is 1.98. The van der Waals surface area contributed by atoms with Crippen molar-refractivity contribution in [1.82, 2.24) is 4.90 Å². The van der Waals surface area contributed by atoms with E-state index in [4.69, 9.17) is 10.5 Å². The first-order chi connectivity index (χ1) is 7.20. The molecule has 15 heavy (non-hydrogen) atoms. The fourth-order valence-corrected chi connectivity index (χ4v) is 1.98. The summed E-state index contributed by atoms with van der Waals surface area (Å²) in [6.07, 6.45) is 2.00. The molecule has 1 rings (SSSR count). The van der Waals surface area contributed by atoms with Crippen molar-refractivity contribution in [3.63, 3.8) is 0 Å². The molecule has 1 amide bonds. The van der Waals surface area contributed by atoms with Crippen LogP contribution in [0.15, 0.2) is 0 Å². The molecule has 2 unspecified atom stereocenters. The lowest BCUT2D eigenvalue weighted by Gasteiger charge is -2.36. The first kappa shape index (κ1) is 12.5. The van der Waals surface area contributed by atoms with Crippen LogP contribution < -0.4 is 5.73 Å². The zero-order valence-corrected chi connectivity index (χ0v) is 9.74. The lowest BCUT2D eigenvalue weighted by Crippen LogP contribution is -2.53. The van der Waals surface area contributed by atoms with Crippen molar-refractivity contribution >= 4 is 5.91 Å². The van der Waals surface area contributed by atoms with Crippen LogP contribution in [0.4, 0.5) is 0 Å². The van der Waals surface area contributed by atoms with Crippen LogP contribution in [0.5, 0.6) is 0 Å². The van der Waals surface area contributed by atoms with Crippen LogP contribution in [0.1, 0.15) is 26.7 Å². The molecule has 0 radical (unpaired) electrons. The molecule has 1 heterocycles. The quantitative estimate of drug-likeness (QED) is 0.746. The van der Waals surface area contributed by atoms with Gasteiger partial charge in [-0.2, -0.15) is 0 Å². The van der Waals surface area contributed by atoms with E-state index in [2.05, 4.69) is 6.92 Å². The molecule has 2 atom stereocenters. The van der Waals surface area contributed by atoms with Crippen molar-refractivity contribution in [3.05, 3.63) is 0 Å².